The largest absolute Gasteiger partial charge is 0.417 e. The first kappa shape index (κ1) is 14.8. The fraction of sp³-hybridized carbons (Fsp3) is 1.00. The molecule has 4 heteroatoms. The van der Waals surface area contributed by atoms with Gasteiger partial charge in [0.25, 0.3) is 0 Å². The first-order valence-corrected chi connectivity index (χ1v) is 9.60. The van der Waals surface area contributed by atoms with Gasteiger partial charge in [-0.25, -0.2) is 0 Å². The Labute approximate surface area is 106 Å². The van der Waals surface area contributed by atoms with Gasteiger partial charge in [0.15, 0.2) is 8.32 Å². The van der Waals surface area contributed by atoms with Gasteiger partial charge in [0, 0.05) is 6.61 Å². The van der Waals surface area contributed by atoms with E-state index >= 15 is 0 Å². The summed E-state index contributed by atoms with van der Waals surface area (Å²) in [7, 11) is -1.60. The van der Waals surface area contributed by atoms with Crippen LogP contribution in [0.2, 0.25) is 18.1 Å². The van der Waals surface area contributed by atoms with Gasteiger partial charge >= 0.3 is 0 Å². The molecule has 100 valence electrons. The molecular formula is C13H27NO2Si. The van der Waals surface area contributed by atoms with Crippen molar-refractivity contribution < 1.29 is 4.43 Å². The van der Waals surface area contributed by atoms with Crippen molar-refractivity contribution in [2.24, 2.45) is 17.0 Å². The zero-order chi connectivity index (χ0) is 13.1. The Morgan fingerprint density at radius 2 is 1.82 bits per heavy atom. The Bertz CT molecular complexity index is 261. The van der Waals surface area contributed by atoms with Crippen molar-refractivity contribution in [2.75, 3.05) is 13.2 Å². The minimum atomic E-state index is -1.60. The predicted molar refractivity (Wildman–Crippen MR) is 74.6 cm³/mol. The molecule has 0 aromatic rings. The van der Waals surface area contributed by atoms with Crippen molar-refractivity contribution in [1.29, 1.82) is 0 Å². The quantitative estimate of drug-likeness (QED) is 0.547. The van der Waals surface area contributed by atoms with Crippen molar-refractivity contribution >= 4 is 8.32 Å². The first-order chi connectivity index (χ1) is 7.76. The van der Waals surface area contributed by atoms with E-state index in [-0.39, 0.29) is 5.04 Å². The molecule has 1 aliphatic carbocycles. The van der Waals surface area contributed by atoms with Gasteiger partial charge < -0.3 is 4.43 Å². The molecule has 3 nitrogen and oxygen atoms in total. The van der Waals surface area contributed by atoms with Crippen molar-refractivity contribution in [1.82, 2.24) is 0 Å². The summed E-state index contributed by atoms with van der Waals surface area (Å²) in [5, 5.41) is 3.31. The molecular weight excluding hydrogens is 230 g/mol. The van der Waals surface area contributed by atoms with E-state index in [9.17, 15) is 4.91 Å². The average molecular weight is 257 g/mol. The highest BCUT2D eigenvalue weighted by atomic mass is 28.4. The molecule has 1 saturated carbocycles. The molecule has 0 spiro atoms. The van der Waals surface area contributed by atoms with Gasteiger partial charge in [-0.2, -0.15) is 4.91 Å². The molecule has 0 aliphatic heterocycles. The lowest BCUT2D eigenvalue weighted by molar-refractivity contribution is 0.227. The summed E-state index contributed by atoms with van der Waals surface area (Å²) in [5.41, 5.74) is 0. The maximum absolute atomic E-state index is 10.2. The van der Waals surface area contributed by atoms with Crippen molar-refractivity contribution in [3.63, 3.8) is 0 Å². The third-order valence-corrected chi connectivity index (χ3v) is 8.97. The lowest BCUT2D eigenvalue weighted by atomic mass is 10.1. The molecule has 0 N–H and O–H groups in total. The Kier molecular flexibility index (Phi) is 4.90. The van der Waals surface area contributed by atoms with Crippen LogP contribution < -0.4 is 0 Å². The van der Waals surface area contributed by atoms with Gasteiger partial charge in [-0.1, -0.05) is 25.9 Å². The molecule has 0 saturated heterocycles. The Morgan fingerprint density at radius 3 is 2.35 bits per heavy atom. The van der Waals surface area contributed by atoms with Crippen LogP contribution in [0.4, 0.5) is 0 Å². The molecule has 2 atom stereocenters. The predicted octanol–water partition coefficient (Wildman–Crippen LogP) is 4.19. The summed E-state index contributed by atoms with van der Waals surface area (Å²) in [6, 6.07) is 0. The van der Waals surface area contributed by atoms with Crippen LogP contribution in [0, 0.1) is 16.7 Å². The van der Waals surface area contributed by atoms with Crippen LogP contribution in [0.5, 0.6) is 0 Å². The third-order valence-electron chi connectivity index (χ3n) is 4.47. The lowest BCUT2D eigenvalue weighted by Crippen LogP contribution is -2.41. The van der Waals surface area contributed by atoms with Gasteiger partial charge in [-0.15, -0.1) is 0 Å². The van der Waals surface area contributed by atoms with Crippen LogP contribution in [0.15, 0.2) is 5.18 Å². The van der Waals surface area contributed by atoms with E-state index in [0.29, 0.717) is 18.4 Å². The average Bonchev–Trinajstić information content (AvgIpc) is 2.62. The summed E-state index contributed by atoms with van der Waals surface area (Å²) in [4.78, 5) is 10.2. The van der Waals surface area contributed by atoms with Gasteiger partial charge in [0.1, 0.15) is 0 Å². The van der Waals surface area contributed by atoms with Crippen molar-refractivity contribution in [3.8, 4) is 0 Å². The molecule has 0 amide bonds. The highest BCUT2D eigenvalue weighted by molar-refractivity contribution is 6.74. The Hall–Kier alpha value is -0.223. The minimum Gasteiger partial charge on any atom is -0.417 e. The lowest BCUT2D eigenvalue weighted by Gasteiger charge is -2.37. The second kappa shape index (κ2) is 5.61. The summed E-state index contributed by atoms with van der Waals surface area (Å²) in [5.74, 6) is 1.16. The first-order valence-electron chi connectivity index (χ1n) is 6.69. The summed E-state index contributed by atoms with van der Waals surface area (Å²) in [6.07, 6.45) is 3.48. The number of nitrogens with zero attached hydrogens (tertiary/aromatic N) is 1. The van der Waals surface area contributed by atoms with E-state index in [4.69, 9.17) is 4.43 Å². The fourth-order valence-electron chi connectivity index (χ4n) is 2.14. The highest BCUT2D eigenvalue weighted by Crippen LogP contribution is 2.38. The highest BCUT2D eigenvalue weighted by Gasteiger charge is 2.38. The molecule has 1 rings (SSSR count). The molecule has 0 unspecified atom stereocenters. The molecule has 0 aromatic carbocycles. The summed E-state index contributed by atoms with van der Waals surface area (Å²) >= 11 is 0. The van der Waals surface area contributed by atoms with Gasteiger partial charge in [0.2, 0.25) is 0 Å². The van der Waals surface area contributed by atoms with Gasteiger partial charge in [0.05, 0.1) is 6.54 Å². The second-order valence-electron chi connectivity index (χ2n) is 6.93. The van der Waals surface area contributed by atoms with E-state index in [2.05, 4.69) is 39.0 Å². The monoisotopic (exact) mass is 257 g/mol. The van der Waals surface area contributed by atoms with E-state index in [1.54, 1.807) is 0 Å². The van der Waals surface area contributed by atoms with E-state index in [0.717, 1.165) is 19.4 Å². The van der Waals surface area contributed by atoms with Crippen LogP contribution >= 0.6 is 0 Å². The standard InChI is InChI=1S/C13H27NO2Si/c1-13(2,3)17(4,5)16-10-12-7-6-11(8-12)9-14-15/h11-12H,6-10H2,1-5H3/t11-,12+/m1/s1. The number of rotatable bonds is 5. The van der Waals surface area contributed by atoms with Crippen LogP contribution in [-0.4, -0.2) is 21.5 Å². The van der Waals surface area contributed by atoms with Crippen molar-refractivity contribution in [2.45, 2.75) is 58.2 Å². The molecule has 17 heavy (non-hydrogen) atoms. The normalized spacial score (nSPS) is 26.2. The van der Waals surface area contributed by atoms with Crippen LogP contribution in [0.25, 0.3) is 0 Å². The zero-order valence-corrected chi connectivity index (χ0v) is 13.0. The van der Waals surface area contributed by atoms with E-state index < -0.39 is 8.32 Å². The molecule has 1 fully saturated rings. The molecule has 0 heterocycles. The summed E-state index contributed by atoms with van der Waals surface area (Å²) < 4.78 is 6.23. The zero-order valence-electron chi connectivity index (χ0n) is 12.0. The molecule has 1 aliphatic rings. The minimum absolute atomic E-state index is 0.287. The van der Waals surface area contributed by atoms with E-state index in [1.807, 2.05) is 0 Å². The Balaban J connectivity index is 2.35. The molecule has 0 aromatic heterocycles. The molecule has 0 bridgehead atoms. The smallest absolute Gasteiger partial charge is 0.191 e. The maximum atomic E-state index is 10.2. The summed E-state index contributed by atoms with van der Waals surface area (Å²) in [6.45, 7) is 12.8. The Morgan fingerprint density at radius 1 is 1.24 bits per heavy atom. The maximum Gasteiger partial charge on any atom is 0.191 e. The third kappa shape index (κ3) is 4.18. The van der Waals surface area contributed by atoms with Gasteiger partial charge in [-0.3, -0.25) is 0 Å². The van der Waals surface area contributed by atoms with E-state index in [1.165, 1.54) is 6.42 Å². The number of hydrogen-bond acceptors (Lipinski definition) is 3. The molecule has 0 radical (unpaired) electrons. The van der Waals surface area contributed by atoms with Gasteiger partial charge in [-0.05, 0) is 49.2 Å². The van der Waals surface area contributed by atoms with Crippen LogP contribution in [-0.2, 0) is 4.43 Å². The SMILES string of the molecule is CC(C)(C)[Si](C)(C)OC[C@H]1CC[C@@H](CN=O)C1. The number of nitroso groups, excluding NO2 is 1. The van der Waals surface area contributed by atoms with Crippen LogP contribution in [0.3, 0.4) is 0 Å². The topological polar surface area (TPSA) is 38.7 Å². The van der Waals surface area contributed by atoms with Crippen LogP contribution in [0.1, 0.15) is 40.0 Å². The fourth-order valence-corrected chi connectivity index (χ4v) is 3.23. The van der Waals surface area contributed by atoms with Crippen molar-refractivity contribution in [3.05, 3.63) is 4.91 Å². The second-order valence-corrected chi connectivity index (χ2v) is 11.7. The number of hydrogen-bond donors (Lipinski definition) is 0.